The van der Waals surface area contributed by atoms with Crippen molar-refractivity contribution in [3.8, 4) is 0 Å². The highest BCUT2D eigenvalue weighted by molar-refractivity contribution is 7.99. The smallest absolute Gasteiger partial charge is 0.315 e. The van der Waals surface area contributed by atoms with E-state index in [9.17, 15) is 4.79 Å². The SMILES string of the molecule is CCOC(=O)CSCc1nc(N)c2c3c(sc2n1)CCCC3. The van der Waals surface area contributed by atoms with Crippen LogP contribution in [0, 0.1) is 0 Å². The second-order valence-corrected chi connectivity index (χ2v) is 7.28. The molecule has 118 valence electrons. The van der Waals surface area contributed by atoms with Gasteiger partial charge in [0.2, 0.25) is 0 Å². The van der Waals surface area contributed by atoms with Crippen LogP contribution in [0.15, 0.2) is 0 Å². The van der Waals surface area contributed by atoms with E-state index >= 15 is 0 Å². The fourth-order valence-electron chi connectivity index (χ4n) is 2.72. The minimum absolute atomic E-state index is 0.201. The summed E-state index contributed by atoms with van der Waals surface area (Å²) in [5.41, 5.74) is 7.52. The Morgan fingerprint density at radius 1 is 1.36 bits per heavy atom. The molecule has 0 fully saturated rings. The summed E-state index contributed by atoms with van der Waals surface area (Å²) in [7, 11) is 0. The predicted octanol–water partition coefficient (Wildman–Crippen LogP) is 2.95. The maximum absolute atomic E-state index is 11.3. The molecule has 0 atom stereocenters. The number of anilines is 1. The summed E-state index contributed by atoms with van der Waals surface area (Å²) in [6.45, 7) is 2.22. The van der Waals surface area contributed by atoms with Gasteiger partial charge in [-0.3, -0.25) is 4.79 Å². The lowest BCUT2D eigenvalue weighted by Gasteiger charge is -2.10. The highest BCUT2D eigenvalue weighted by Gasteiger charge is 2.20. The van der Waals surface area contributed by atoms with Crippen LogP contribution >= 0.6 is 23.1 Å². The van der Waals surface area contributed by atoms with Crippen LogP contribution in [-0.2, 0) is 28.1 Å². The number of aromatic nitrogens is 2. The number of aryl methyl sites for hydroxylation is 2. The highest BCUT2D eigenvalue weighted by Crippen LogP contribution is 2.37. The molecule has 1 aliphatic carbocycles. The van der Waals surface area contributed by atoms with Gasteiger partial charge in [-0.1, -0.05) is 0 Å². The molecule has 2 aromatic rings. The number of esters is 1. The molecule has 0 amide bonds. The fraction of sp³-hybridized carbons (Fsp3) is 0.533. The maximum atomic E-state index is 11.3. The van der Waals surface area contributed by atoms with Crippen LogP contribution in [0.3, 0.4) is 0 Å². The van der Waals surface area contributed by atoms with Crippen molar-refractivity contribution in [2.45, 2.75) is 38.4 Å². The van der Waals surface area contributed by atoms with Crippen molar-refractivity contribution in [3.05, 3.63) is 16.3 Å². The van der Waals surface area contributed by atoms with Crippen LogP contribution in [0.5, 0.6) is 0 Å². The minimum atomic E-state index is -0.201. The molecule has 2 aromatic heterocycles. The van der Waals surface area contributed by atoms with Gasteiger partial charge in [-0.15, -0.1) is 23.1 Å². The number of carbonyl (C=O) groups excluding carboxylic acids is 1. The molecule has 0 radical (unpaired) electrons. The number of hydrogen-bond acceptors (Lipinski definition) is 7. The van der Waals surface area contributed by atoms with Crippen LogP contribution in [-0.4, -0.2) is 28.3 Å². The lowest BCUT2D eigenvalue weighted by atomic mass is 9.97. The summed E-state index contributed by atoms with van der Waals surface area (Å²) in [4.78, 5) is 22.8. The van der Waals surface area contributed by atoms with Gasteiger partial charge < -0.3 is 10.5 Å². The third-order valence-electron chi connectivity index (χ3n) is 3.65. The normalized spacial score (nSPS) is 14.0. The number of fused-ring (bicyclic) bond motifs is 3. The molecular formula is C15H19N3O2S2. The molecule has 1 aliphatic rings. The van der Waals surface area contributed by atoms with Crippen LogP contribution in [0.4, 0.5) is 5.82 Å². The lowest BCUT2D eigenvalue weighted by Crippen LogP contribution is -2.07. The average molecular weight is 337 g/mol. The molecular weight excluding hydrogens is 318 g/mol. The second kappa shape index (κ2) is 6.83. The molecule has 0 unspecified atom stereocenters. The van der Waals surface area contributed by atoms with Crippen molar-refractivity contribution < 1.29 is 9.53 Å². The minimum Gasteiger partial charge on any atom is -0.465 e. The second-order valence-electron chi connectivity index (χ2n) is 5.21. The number of nitrogens with two attached hydrogens (primary N) is 1. The molecule has 0 saturated carbocycles. The van der Waals surface area contributed by atoms with Gasteiger partial charge in [0.05, 0.1) is 23.5 Å². The quantitative estimate of drug-likeness (QED) is 0.845. The third-order valence-corrected chi connectivity index (χ3v) is 5.73. The van der Waals surface area contributed by atoms with Crippen molar-refractivity contribution in [1.82, 2.24) is 9.97 Å². The Morgan fingerprint density at radius 3 is 3.00 bits per heavy atom. The number of hydrogen-bond donors (Lipinski definition) is 1. The Hall–Kier alpha value is -1.34. The van der Waals surface area contributed by atoms with Crippen molar-refractivity contribution in [3.63, 3.8) is 0 Å². The van der Waals surface area contributed by atoms with E-state index in [1.807, 2.05) is 0 Å². The Balaban J connectivity index is 1.76. The Bertz CT molecular complexity index is 700. The van der Waals surface area contributed by atoms with E-state index in [-0.39, 0.29) is 5.97 Å². The molecule has 5 nitrogen and oxygen atoms in total. The van der Waals surface area contributed by atoms with Gasteiger partial charge in [0.1, 0.15) is 16.5 Å². The Labute approximate surface area is 137 Å². The summed E-state index contributed by atoms with van der Waals surface area (Å²) >= 11 is 3.20. The average Bonchev–Trinajstić information content (AvgIpc) is 2.86. The first-order valence-corrected chi connectivity index (χ1v) is 9.46. The van der Waals surface area contributed by atoms with E-state index in [1.54, 1.807) is 18.3 Å². The maximum Gasteiger partial charge on any atom is 0.315 e. The van der Waals surface area contributed by atoms with Crippen molar-refractivity contribution in [2.75, 3.05) is 18.1 Å². The lowest BCUT2D eigenvalue weighted by molar-refractivity contribution is -0.139. The standard InChI is InChI=1S/C15H19N3O2S2/c1-2-20-12(19)8-21-7-11-17-14(16)13-9-5-3-4-6-10(9)22-15(13)18-11/h2-8H2,1H3,(H2,16,17,18). The van der Waals surface area contributed by atoms with E-state index in [2.05, 4.69) is 9.97 Å². The summed E-state index contributed by atoms with van der Waals surface area (Å²) in [6, 6.07) is 0. The van der Waals surface area contributed by atoms with Crippen LogP contribution in [0.1, 0.15) is 36.0 Å². The van der Waals surface area contributed by atoms with E-state index < -0.39 is 0 Å². The molecule has 2 heterocycles. The molecule has 0 aliphatic heterocycles. The zero-order valence-electron chi connectivity index (χ0n) is 12.6. The number of thioether (sulfide) groups is 1. The van der Waals surface area contributed by atoms with E-state index in [0.717, 1.165) is 23.1 Å². The van der Waals surface area contributed by atoms with Crippen LogP contribution in [0.25, 0.3) is 10.2 Å². The largest absolute Gasteiger partial charge is 0.465 e. The first-order chi connectivity index (χ1) is 10.7. The molecule has 0 bridgehead atoms. The van der Waals surface area contributed by atoms with Crippen molar-refractivity contribution in [2.24, 2.45) is 0 Å². The number of thiophene rings is 1. The van der Waals surface area contributed by atoms with E-state index in [4.69, 9.17) is 10.5 Å². The molecule has 0 saturated heterocycles. The molecule has 7 heteroatoms. The Kier molecular flexibility index (Phi) is 4.83. The zero-order chi connectivity index (χ0) is 15.5. The van der Waals surface area contributed by atoms with E-state index in [1.165, 1.54) is 35.0 Å². The number of rotatable bonds is 5. The number of ether oxygens (including phenoxy) is 1. The highest BCUT2D eigenvalue weighted by atomic mass is 32.2. The van der Waals surface area contributed by atoms with Crippen LogP contribution < -0.4 is 5.73 Å². The van der Waals surface area contributed by atoms with Gasteiger partial charge >= 0.3 is 5.97 Å². The summed E-state index contributed by atoms with van der Waals surface area (Å²) in [6.07, 6.45) is 4.67. The van der Waals surface area contributed by atoms with Crippen molar-refractivity contribution in [1.29, 1.82) is 0 Å². The zero-order valence-corrected chi connectivity index (χ0v) is 14.2. The Morgan fingerprint density at radius 2 is 2.18 bits per heavy atom. The summed E-state index contributed by atoms with van der Waals surface area (Å²) in [5.74, 6) is 1.96. The topological polar surface area (TPSA) is 78.1 Å². The monoisotopic (exact) mass is 337 g/mol. The number of carbonyl (C=O) groups is 1. The first kappa shape index (κ1) is 15.6. The molecule has 0 spiro atoms. The van der Waals surface area contributed by atoms with Gasteiger partial charge in [0, 0.05) is 4.88 Å². The van der Waals surface area contributed by atoms with E-state index in [0.29, 0.717) is 29.8 Å². The molecule has 2 N–H and O–H groups in total. The first-order valence-electron chi connectivity index (χ1n) is 7.49. The molecule has 0 aromatic carbocycles. The van der Waals surface area contributed by atoms with Gasteiger partial charge in [0.25, 0.3) is 0 Å². The number of nitrogens with zero attached hydrogens (tertiary/aromatic N) is 2. The third kappa shape index (κ3) is 3.20. The van der Waals surface area contributed by atoms with Gasteiger partial charge in [-0.25, -0.2) is 9.97 Å². The predicted molar refractivity (Wildman–Crippen MR) is 91.3 cm³/mol. The molecule has 3 rings (SSSR count). The van der Waals surface area contributed by atoms with Gasteiger partial charge in [-0.05, 0) is 38.2 Å². The van der Waals surface area contributed by atoms with Gasteiger partial charge in [-0.2, -0.15) is 0 Å². The number of nitrogen functional groups attached to an aromatic ring is 1. The molecule has 22 heavy (non-hydrogen) atoms. The van der Waals surface area contributed by atoms with Gasteiger partial charge in [0.15, 0.2) is 0 Å². The van der Waals surface area contributed by atoms with Crippen LogP contribution in [0.2, 0.25) is 0 Å². The van der Waals surface area contributed by atoms with Crippen molar-refractivity contribution >= 4 is 45.1 Å². The fourth-order valence-corrected chi connectivity index (χ4v) is 4.68. The summed E-state index contributed by atoms with van der Waals surface area (Å²) in [5, 5.41) is 1.05. The summed E-state index contributed by atoms with van der Waals surface area (Å²) < 4.78 is 4.91.